The number of nitrogens with zero attached hydrogens (tertiary/aromatic N) is 1. The molecule has 1 aliphatic heterocycles. The van der Waals surface area contributed by atoms with Crippen LogP contribution in [0.25, 0.3) is 0 Å². The molecule has 108 valence electrons. The van der Waals surface area contributed by atoms with Crippen LogP contribution in [0, 0.1) is 13.8 Å². The van der Waals surface area contributed by atoms with Crippen molar-refractivity contribution in [3.05, 3.63) is 29.3 Å². The lowest BCUT2D eigenvalue weighted by atomic mass is 10.2. The second-order valence-electron chi connectivity index (χ2n) is 4.94. The Bertz CT molecular complexity index is 540. The molecule has 1 aliphatic rings. The lowest BCUT2D eigenvalue weighted by Gasteiger charge is -2.24. The molecule has 1 atom stereocenters. The molecule has 1 heterocycles. The lowest BCUT2D eigenvalue weighted by molar-refractivity contribution is 0.387. The van der Waals surface area contributed by atoms with Crippen molar-refractivity contribution in [1.29, 1.82) is 0 Å². The number of rotatable bonds is 3. The van der Waals surface area contributed by atoms with Crippen molar-refractivity contribution in [1.82, 2.24) is 9.62 Å². The molecule has 1 aromatic rings. The number of halogens is 1. The number of sulfonamides is 1. The van der Waals surface area contributed by atoms with E-state index in [1.165, 1.54) is 4.31 Å². The Morgan fingerprint density at radius 2 is 2.00 bits per heavy atom. The highest BCUT2D eigenvalue weighted by molar-refractivity contribution is 7.89. The zero-order valence-corrected chi connectivity index (χ0v) is 13.1. The molecule has 1 N–H and O–H groups in total. The smallest absolute Gasteiger partial charge is 0.243 e. The number of hydrogen-bond acceptors (Lipinski definition) is 3. The Morgan fingerprint density at radius 3 is 2.58 bits per heavy atom. The summed E-state index contributed by atoms with van der Waals surface area (Å²) in [5.74, 6) is 0. The minimum atomic E-state index is -3.38. The van der Waals surface area contributed by atoms with Crippen LogP contribution in [0.5, 0.6) is 0 Å². The summed E-state index contributed by atoms with van der Waals surface area (Å²) in [6.07, 6.45) is 0.876. The Morgan fingerprint density at radius 1 is 1.32 bits per heavy atom. The molecule has 1 aromatic carbocycles. The maximum atomic E-state index is 12.6. The predicted octanol–water partition coefficient (Wildman–Crippen LogP) is 1.71. The number of aryl methyl sites for hydroxylation is 2. The Labute approximate surface area is 121 Å². The van der Waals surface area contributed by atoms with E-state index in [4.69, 9.17) is 0 Å². The first-order valence-corrected chi connectivity index (χ1v) is 7.63. The summed E-state index contributed by atoms with van der Waals surface area (Å²) >= 11 is 0. The summed E-state index contributed by atoms with van der Waals surface area (Å²) in [5, 5.41) is 3.20. The van der Waals surface area contributed by atoms with Crippen molar-refractivity contribution in [2.45, 2.75) is 31.2 Å². The molecule has 0 radical (unpaired) electrons. The van der Waals surface area contributed by atoms with Crippen LogP contribution in [-0.2, 0) is 10.0 Å². The fraction of sp³-hybridized carbons (Fsp3) is 0.538. The summed E-state index contributed by atoms with van der Waals surface area (Å²) in [7, 11) is -1.71. The van der Waals surface area contributed by atoms with Gasteiger partial charge in [0.1, 0.15) is 0 Å². The number of likely N-dealkylation sites (N-methyl/N-ethyl adjacent to an activating group) is 1. The van der Waals surface area contributed by atoms with Crippen LogP contribution >= 0.6 is 12.4 Å². The van der Waals surface area contributed by atoms with Gasteiger partial charge in [0.15, 0.2) is 0 Å². The van der Waals surface area contributed by atoms with E-state index >= 15 is 0 Å². The minimum absolute atomic E-state index is 0. The van der Waals surface area contributed by atoms with Gasteiger partial charge >= 0.3 is 0 Å². The fourth-order valence-corrected chi connectivity index (χ4v) is 3.98. The van der Waals surface area contributed by atoms with Crippen LogP contribution < -0.4 is 5.32 Å². The van der Waals surface area contributed by atoms with E-state index in [1.807, 2.05) is 26.0 Å². The minimum Gasteiger partial charge on any atom is -0.315 e. The molecule has 0 amide bonds. The second kappa shape index (κ2) is 6.22. The van der Waals surface area contributed by atoms with Crippen LogP contribution in [0.2, 0.25) is 0 Å². The Kier molecular flexibility index (Phi) is 5.38. The van der Waals surface area contributed by atoms with Crippen molar-refractivity contribution in [2.24, 2.45) is 0 Å². The molecule has 0 spiro atoms. The normalized spacial score (nSPS) is 19.5. The third kappa shape index (κ3) is 3.28. The molecule has 0 bridgehead atoms. The zero-order valence-electron chi connectivity index (χ0n) is 11.5. The highest BCUT2D eigenvalue weighted by atomic mass is 35.5. The summed E-state index contributed by atoms with van der Waals surface area (Å²) in [6.45, 7) is 5.38. The average molecular weight is 305 g/mol. The number of hydrogen-bond donors (Lipinski definition) is 1. The van der Waals surface area contributed by atoms with Crippen molar-refractivity contribution in [2.75, 3.05) is 20.1 Å². The van der Waals surface area contributed by atoms with Crippen LogP contribution in [0.1, 0.15) is 17.5 Å². The third-order valence-electron chi connectivity index (χ3n) is 3.55. The highest BCUT2D eigenvalue weighted by Gasteiger charge is 2.30. The molecule has 1 saturated heterocycles. The first kappa shape index (κ1) is 16.4. The van der Waals surface area contributed by atoms with Gasteiger partial charge in [-0.2, -0.15) is 4.31 Å². The van der Waals surface area contributed by atoms with E-state index in [0.717, 1.165) is 30.6 Å². The van der Waals surface area contributed by atoms with Gasteiger partial charge in [0.25, 0.3) is 0 Å². The summed E-state index contributed by atoms with van der Waals surface area (Å²) in [4.78, 5) is 0.428. The van der Waals surface area contributed by atoms with Gasteiger partial charge in [-0.25, -0.2) is 8.42 Å². The van der Waals surface area contributed by atoms with Crippen LogP contribution in [0.3, 0.4) is 0 Å². The first-order valence-electron chi connectivity index (χ1n) is 6.19. The summed E-state index contributed by atoms with van der Waals surface area (Å²) in [5.41, 5.74) is 1.77. The van der Waals surface area contributed by atoms with Gasteiger partial charge in [0, 0.05) is 19.6 Å². The van der Waals surface area contributed by atoms with Gasteiger partial charge in [0.05, 0.1) is 4.90 Å². The molecule has 0 aliphatic carbocycles. The van der Waals surface area contributed by atoms with E-state index in [9.17, 15) is 8.42 Å². The monoisotopic (exact) mass is 304 g/mol. The molecular formula is C13H21ClN2O2S. The van der Waals surface area contributed by atoms with Crippen molar-refractivity contribution >= 4 is 22.4 Å². The van der Waals surface area contributed by atoms with Crippen LogP contribution in [-0.4, -0.2) is 38.9 Å². The molecule has 1 fully saturated rings. The maximum absolute atomic E-state index is 12.6. The van der Waals surface area contributed by atoms with Gasteiger partial charge in [-0.3, -0.25) is 0 Å². The van der Waals surface area contributed by atoms with Crippen LogP contribution in [0.4, 0.5) is 0 Å². The van der Waals surface area contributed by atoms with Crippen molar-refractivity contribution in [3.63, 3.8) is 0 Å². The SMILES string of the molecule is Cc1ccc(C)c(S(=O)(=O)N(C)C2CCNC2)c1.Cl. The molecule has 0 saturated carbocycles. The van der Waals surface area contributed by atoms with E-state index in [0.29, 0.717) is 4.90 Å². The maximum Gasteiger partial charge on any atom is 0.243 e. The first-order chi connectivity index (χ1) is 8.43. The molecule has 4 nitrogen and oxygen atoms in total. The standard InChI is InChI=1S/C13H20N2O2S.ClH/c1-10-4-5-11(2)13(8-10)18(16,17)15(3)12-6-7-14-9-12;/h4-5,8,12,14H,6-7,9H2,1-3H3;1H. The third-order valence-corrected chi connectivity index (χ3v) is 5.60. The Hall–Kier alpha value is -0.620. The largest absolute Gasteiger partial charge is 0.315 e. The molecular weight excluding hydrogens is 284 g/mol. The van der Waals surface area contributed by atoms with Gasteiger partial charge in [-0.1, -0.05) is 12.1 Å². The molecule has 6 heteroatoms. The molecule has 19 heavy (non-hydrogen) atoms. The second-order valence-corrected chi connectivity index (χ2v) is 6.90. The lowest BCUT2D eigenvalue weighted by Crippen LogP contribution is -2.38. The van der Waals surface area contributed by atoms with Crippen molar-refractivity contribution < 1.29 is 8.42 Å². The average Bonchev–Trinajstić information content (AvgIpc) is 2.84. The quantitative estimate of drug-likeness (QED) is 0.925. The zero-order chi connectivity index (χ0) is 13.3. The van der Waals surface area contributed by atoms with Gasteiger partial charge in [0.2, 0.25) is 10.0 Å². The molecule has 1 unspecified atom stereocenters. The number of benzene rings is 1. The van der Waals surface area contributed by atoms with Crippen LogP contribution in [0.15, 0.2) is 23.1 Å². The molecule has 0 aromatic heterocycles. The van der Waals surface area contributed by atoms with E-state index in [-0.39, 0.29) is 18.4 Å². The van der Waals surface area contributed by atoms with E-state index in [2.05, 4.69) is 5.32 Å². The van der Waals surface area contributed by atoms with Gasteiger partial charge in [-0.15, -0.1) is 12.4 Å². The molecule has 2 rings (SSSR count). The summed E-state index contributed by atoms with van der Waals surface area (Å²) < 4.78 is 26.7. The summed E-state index contributed by atoms with van der Waals surface area (Å²) in [6, 6.07) is 5.62. The van der Waals surface area contributed by atoms with E-state index < -0.39 is 10.0 Å². The highest BCUT2D eigenvalue weighted by Crippen LogP contribution is 2.23. The number of nitrogens with one attached hydrogen (secondary N) is 1. The van der Waals surface area contributed by atoms with Gasteiger partial charge in [-0.05, 0) is 44.0 Å². The van der Waals surface area contributed by atoms with Crippen molar-refractivity contribution in [3.8, 4) is 0 Å². The topological polar surface area (TPSA) is 49.4 Å². The van der Waals surface area contributed by atoms with Gasteiger partial charge < -0.3 is 5.32 Å². The fourth-order valence-electron chi connectivity index (χ4n) is 2.29. The predicted molar refractivity (Wildman–Crippen MR) is 79.4 cm³/mol. The Balaban J connectivity index is 0.00000180. The van der Waals surface area contributed by atoms with E-state index in [1.54, 1.807) is 13.1 Å².